The highest BCUT2D eigenvalue weighted by Gasteiger charge is 2.33. The Labute approximate surface area is 93.1 Å². The topological polar surface area (TPSA) is 49.3 Å². The molecule has 2 atom stereocenters. The fraction of sp³-hybridized carbons (Fsp3) is 0.545. The van der Waals surface area contributed by atoms with Crippen molar-refractivity contribution in [2.75, 3.05) is 13.1 Å². The summed E-state index contributed by atoms with van der Waals surface area (Å²) in [5, 5.41) is 14.4. The minimum absolute atomic E-state index is 0.198. The predicted octanol–water partition coefficient (Wildman–Crippen LogP) is 1.83. The van der Waals surface area contributed by atoms with Gasteiger partial charge in [-0.25, -0.2) is 0 Å². The van der Waals surface area contributed by atoms with Gasteiger partial charge in [0.15, 0.2) is 0 Å². The summed E-state index contributed by atoms with van der Waals surface area (Å²) in [6.07, 6.45) is 0.929. The standard InChI is InChI=1S/C11H15NO2S/c1-7-3-5-15-10(7)8-2-4-12-6-9(8)11(13)14/h3,5,8-9,12H,2,4,6H2,1H3,(H,13,14). The number of hydrogen-bond acceptors (Lipinski definition) is 3. The van der Waals surface area contributed by atoms with Gasteiger partial charge < -0.3 is 10.4 Å². The summed E-state index contributed by atoms with van der Waals surface area (Å²) < 4.78 is 0. The van der Waals surface area contributed by atoms with Crippen molar-refractivity contribution in [3.63, 3.8) is 0 Å². The Morgan fingerprint density at radius 2 is 2.47 bits per heavy atom. The van der Waals surface area contributed by atoms with E-state index in [4.69, 9.17) is 5.11 Å². The van der Waals surface area contributed by atoms with Gasteiger partial charge in [-0.3, -0.25) is 4.79 Å². The molecule has 2 unspecified atom stereocenters. The highest BCUT2D eigenvalue weighted by Crippen LogP contribution is 2.35. The number of nitrogens with one attached hydrogen (secondary N) is 1. The normalized spacial score (nSPS) is 26.5. The third-order valence-electron chi connectivity index (χ3n) is 3.04. The molecule has 0 spiro atoms. The molecule has 15 heavy (non-hydrogen) atoms. The molecule has 0 saturated carbocycles. The number of piperidine rings is 1. The molecule has 2 N–H and O–H groups in total. The van der Waals surface area contributed by atoms with Crippen molar-refractivity contribution in [2.24, 2.45) is 5.92 Å². The lowest BCUT2D eigenvalue weighted by Crippen LogP contribution is -2.39. The van der Waals surface area contributed by atoms with Gasteiger partial charge in [-0.2, -0.15) is 0 Å². The van der Waals surface area contributed by atoms with E-state index in [0.717, 1.165) is 13.0 Å². The van der Waals surface area contributed by atoms with E-state index in [1.165, 1.54) is 10.4 Å². The lowest BCUT2D eigenvalue weighted by molar-refractivity contribution is -0.142. The maximum atomic E-state index is 11.1. The van der Waals surface area contributed by atoms with Gasteiger partial charge >= 0.3 is 5.97 Å². The highest BCUT2D eigenvalue weighted by molar-refractivity contribution is 7.10. The van der Waals surface area contributed by atoms with Crippen LogP contribution in [0.15, 0.2) is 11.4 Å². The van der Waals surface area contributed by atoms with Crippen molar-refractivity contribution in [3.8, 4) is 0 Å². The van der Waals surface area contributed by atoms with Crippen molar-refractivity contribution in [1.29, 1.82) is 0 Å². The number of aryl methyl sites for hydroxylation is 1. The fourth-order valence-electron chi connectivity index (χ4n) is 2.20. The molecule has 1 fully saturated rings. The fourth-order valence-corrected chi connectivity index (χ4v) is 3.33. The number of thiophene rings is 1. The van der Waals surface area contributed by atoms with Gasteiger partial charge in [-0.15, -0.1) is 11.3 Å². The molecule has 2 heterocycles. The van der Waals surface area contributed by atoms with Gasteiger partial charge in [0.2, 0.25) is 0 Å². The summed E-state index contributed by atoms with van der Waals surface area (Å²) in [5.41, 5.74) is 1.23. The molecule has 4 heteroatoms. The summed E-state index contributed by atoms with van der Waals surface area (Å²) >= 11 is 1.69. The molecule has 0 radical (unpaired) electrons. The predicted molar refractivity (Wildman–Crippen MR) is 60.4 cm³/mol. The zero-order valence-corrected chi connectivity index (χ0v) is 9.51. The third kappa shape index (κ3) is 2.06. The van der Waals surface area contributed by atoms with Crippen LogP contribution in [0, 0.1) is 12.8 Å². The van der Waals surface area contributed by atoms with Crippen LogP contribution in [0.4, 0.5) is 0 Å². The molecular weight excluding hydrogens is 210 g/mol. The van der Waals surface area contributed by atoms with E-state index in [-0.39, 0.29) is 11.8 Å². The van der Waals surface area contributed by atoms with Crippen LogP contribution < -0.4 is 5.32 Å². The lowest BCUT2D eigenvalue weighted by atomic mass is 9.84. The number of carboxylic acids is 1. The van der Waals surface area contributed by atoms with E-state index >= 15 is 0 Å². The first-order valence-corrected chi connectivity index (χ1v) is 6.05. The Morgan fingerprint density at radius 1 is 1.67 bits per heavy atom. The Hall–Kier alpha value is -0.870. The Balaban J connectivity index is 2.25. The number of carbonyl (C=O) groups is 1. The third-order valence-corrected chi connectivity index (χ3v) is 4.19. The Bertz CT molecular complexity index is 361. The van der Waals surface area contributed by atoms with Crippen molar-refractivity contribution < 1.29 is 9.90 Å². The van der Waals surface area contributed by atoms with Gasteiger partial charge in [0.05, 0.1) is 5.92 Å². The molecule has 0 aromatic carbocycles. The largest absolute Gasteiger partial charge is 0.481 e. The first-order chi connectivity index (χ1) is 7.20. The molecule has 0 aliphatic carbocycles. The summed E-state index contributed by atoms with van der Waals surface area (Å²) in [6, 6.07) is 2.07. The second-order valence-electron chi connectivity index (χ2n) is 4.01. The molecule has 2 rings (SSSR count). The number of rotatable bonds is 2. The zero-order chi connectivity index (χ0) is 10.8. The lowest BCUT2D eigenvalue weighted by Gasteiger charge is -2.29. The van der Waals surface area contributed by atoms with Crippen LogP contribution in [0.5, 0.6) is 0 Å². The minimum Gasteiger partial charge on any atom is -0.481 e. The van der Waals surface area contributed by atoms with Crippen molar-refractivity contribution in [3.05, 3.63) is 21.9 Å². The average Bonchev–Trinajstić information content (AvgIpc) is 2.64. The zero-order valence-electron chi connectivity index (χ0n) is 8.69. The molecule has 1 aliphatic rings. The van der Waals surface area contributed by atoms with Gasteiger partial charge in [0.1, 0.15) is 0 Å². The monoisotopic (exact) mass is 225 g/mol. The smallest absolute Gasteiger partial charge is 0.308 e. The summed E-state index contributed by atoms with van der Waals surface area (Å²) in [7, 11) is 0. The van der Waals surface area contributed by atoms with Crippen LogP contribution in [-0.2, 0) is 4.79 Å². The summed E-state index contributed by atoms with van der Waals surface area (Å²) in [4.78, 5) is 12.4. The molecule has 0 bridgehead atoms. The average molecular weight is 225 g/mol. The van der Waals surface area contributed by atoms with E-state index in [2.05, 4.69) is 18.3 Å². The molecule has 82 valence electrons. The summed E-state index contributed by atoms with van der Waals surface area (Å²) in [6.45, 7) is 3.58. The van der Waals surface area contributed by atoms with Crippen LogP contribution in [0.3, 0.4) is 0 Å². The molecule has 0 amide bonds. The molecule has 1 aliphatic heterocycles. The second kappa shape index (κ2) is 4.33. The molecule has 1 aromatic heterocycles. The molecule has 1 aromatic rings. The first kappa shape index (κ1) is 10.6. The summed E-state index contributed by atoms with van der Waals surface area (Å²) in [5.74, 6) is -0.750. The first-order valence-electron chi connectivity index (χ1n) is 5.17. The Morgan fingerprint density at radius 3 is 3.07 bits per heavy atom. The van der Waals surface area contributed by atoms with Crippen LogP contribution in [0.25, 0.3) is 0 Å². The highest BCUT2D eigenvalue weighted by atomic mass is 32.1. The van der Waals surface area contributed by atoms with Gasteiger partial charge in [0.25, 0.3) is 0 Å². The second-order valence-corrected chi connectivity index (χ2v) is 4.96. The van der Waals surface area contributed by atoms with Crippen molar-refractivity contribution in [2.45, 2.75) is 19.3 Å². The van der Waals surface area contributed by atoms with Crippen LogP contribution in [0.2, 0.25) is 0 Å². The maximum absolute atomic E-state index is 11.1. The number of carboxylic acid groups (broad SMARTS) is 1. The van der Waals surface area contributed by atoms with Crippen LogP contribution in [0.1, 0.15) is 22.8 Å². The maximum Gasteiger partial charge on any atom is 0.308 e. The SMILES string of the molecule is Cc1ccsc1C1CCNCC1C(=O)O. The molecular formula is C11H15NO2S. The van der Waals surface area contributed by atoms with Crippen molar-refractivity contribution >= 4 is 17.3 Å². The minimum atomic E-state index is -0.681. The van der Waals surface area contributed by atoms with E-state index in [9.17, 15) is 4.79 Å². The van der Waals surface area contributed by atoms with Gasteiger partial charge in [-0.1, -0.05) is 0 Å². The van der Waals surface area contributed by atoms with E-state index in [1.807, 2.05) is 5.38 Å². The number of aliphatic carboxylic acids is 1. The van der Waals surface area contributed by atoms with E-state index in [1.54, 1.807) is 11.3 Å². The molecule has 3 nitrogen and oxygen atoms in total. The Kier molecular flexibility index (Phi) is 3.07. The van der Waals surface area contributed by atoms with Crippen LogP contribution >= 0.6 is 11.3 Å². The number of hydrogen-bond donors (Lipinski definition) is 2. The van der Waals surface area contributed by atoms with E-state index in [0.29, 0.717) is 6.54 Å². The van der Waals surface area contributed by atoms with Crippen molar-refractivity contribution in [1.82, 2.24) is 5.32 Å². The van der Waals surface area contributed by atoms with Crippen LogP contribution in [-0.4, -0.2) is 24.2 Å². The van der Waals surface area contributed by atoms with E-state index < -0.39 is 5.97 Å². The molecule has 1 saturated heterocycles. The van der Waals surface area contributed by atoms with Gasteiger partial charge in [-0.05, 0) is 36.9 Å². The quantitative estimate of drug-likeness (QED) is 0.807. The van der Waals surface area contributed by atoms with Gasteiger partial charge in [0, 0.05) is 17.3 Å².